The summed E-state index contributed by atoms with van der Waals surface area (Å²) >= 11 is 0. The standard InChI is InChI=1S/C11H14O/c1-3-11(12)8-10-6-4-5-9(2)7-10/h3-7,11-12H,1,8H2,2H3/t11-/m0/s1. The summed E-state index contributed by atoms with van der Waals surface area (Å²) < 4.78 is 0. The van der Waals surface area contributed by atoms with Crippen LogP contribution in [0.2, 0.25) is 0 Å². The Morgan fingerprint density at radius 3 is 2.92 bits per heavy atom. The second kappa shape index (κ2) is 4.07. The summed E-state index contributed by atoms with van der Waals surface area (Å²) in [6, 6.07) is 8.14. The number of hydrogen-bond acceptors (Lipinski definition) is 1. The van der Waals surface area contributed by atoms with Gasteiger partial charge in [0.05, 0.1) is 6.10 Å². The van der Waals surface area contributed by atoms with E-state index >= 15 is 0 Å². The molecule has 12 heavy (non-hydrogen) atoms. The molecule has 0 aliphatic carbocycles. The first-order valence-electron chi connectivity index (χ1n) is 4.08. The first-order valence-corrected chi connectivity index (χ1v) is 4.08. The van der Waals surface area contributed by atoms with Gasteiger partial charge in [0, 0.05) is 6.42 Å². The van der Waals surface area contributed by atoms with Crippen LogP contribution in [-0.2, 0) is 6.42 Å². The Labute approximate surface area is 73.4 Å². The van der Waals surface area contributed by atoms with Gasteiger partial charge < -0.3 is 5.11 Å². The fourth-order valence-electron chi connectivity index (χ4n) is 1.16. The first-order chi connectivity index (χ1) is 5.72. The van der Waals surface area contributed by atoms with Crippen LogP contribution in [0, 0.1) is 6.92 Å². The molecule has 0 spiro atoms. The summed E-state index contributed by atoms with van der Waals surface area (Å²) in [6.07, 6.45) is 1.79. The van der Waals surface area contributed by atoms with E-state index in [4.69, 9.17) is 0 Å². The maximum atomic E-state index is 9.28. The van der Waals surface area contributed by atoms with Crippen molar-refractivity contribution in [1.82, 2.24) is 0 Å². The van der Waals surface area contributed by atoms with Gasteiger partial charge in [0.25, 0.3) is 0 Å². The van der Waals surface area contributed by atoms with Gasteiger partial charge in [0.2, 0.25) is 0 Å². The number of hydrogen-bond donors (Lipinski definition) is 1. The minimum atomic E-state index is -0.424. The Hall–Kier alpha value is -1.08. The van der Waals surface area contributed by atoms with Gasteiger partial charge in [0.15, 0.2) is 0 Å². The molecule has 0 heterocycles. The zero-order valence-electron chi connectivity index (χ0n) is 7.33. The highest BCUT2D eigenvalue weighted by Crippen LogP contribution is 2.06. The predicted molar refractivity (Wildman–Crippen MR) is 51.1 cm³/mol. The van der Waals surface area contributed by atoms with Gasteiger partial charge in [-0.25, -0.2) is 0 Å². The third kappa shape index (κ3) is 2.51. The Balaban J connectivity index is 2.69. The second-order valence-electron chi connectivity index (χ2n) is 3.00. The highest BCUT2D eigenvalue weighted by molar-refractivity contribution is 5.23. The van der Waals surface area contributed by atoms with Crippen molar-refractivity contribution in [2.45, 2.75) is 19.4 Å². The molecule has 0 unspecified atom stereocenters. The molecule has 0 saturated carbocycles. The molecule has 1 N–H and O–H groups in total. The van der Waals surface area contributed by atoms with Crippen molar-refractivity contribution >= 4 is 0 Å². The van der Waals surface area contributed by atoms with Gasteiger partial charge in [-0.2, -0.15) is 0 Å². The monoisotopic (exact) mass is 162 g/mol. The summed E-state index contributed by atoms with van der Waals surface area (Å²) in [5.41, 5.74) is 2.38. The molecule has 0 bridgehead atoms. The molecule has 0 radical (unpaired) electrons. The van der Waals surface area contributed by atoms with Crippen molar-refractivity contribution in [3.05, 3.63) is 48.0 Å². The number of aliphatic hydroxyl groups is 1. The van der Waals surface area contributed by atoms with Crippen LogP contribution in [0.5, 0.6) is 0 Å². The van der Waals surface area contributed by atoms with Crippen LogP contribution >= 0.6 is 0 Å². The van der Waals surface area contributed by atoms with E-state index in [1.54, 1.807) is 6.08 Å². The van der Waals surface area contributed by atoms with Crippen LogP contribution in [0.4, 0.5) is 0 Å². The van der Waals surface area contributed by atoms with E-state index in [9.17, 15) is 5.11 Å². The molecule has 1 nitrogen and oxygen atoms in total. The number of aliphatic hydroxyl groups excluding tert-OH is 1. The van der Waals surface area contributed by atoms with E-state index in [1.807, 2.05) is 25.1 Å². The molecule has 1 atom stereocenters. The highest BCUT2D eigenvalue weighted by Gasteiger charge is 1.99. The summed E-state index contributed by atoms with van der Waals surface area (Å²) in [4.78, 5) is 0. The fraction of sp³-hybridized carbons (Fsp3) is 0.273. The summed E-state index contributed by atoms with van der Waals surface area (Å²) in [6.45, 7) is 5.57. The Bertz CT molecular complexity index is 265. The lowest BCUT2D eigenvalue weighted by Gasteiger charge is -2.05. The average molecular weight is 162 g/mol. The van der Waals surface area contributed by atoms with Crippen LogP contribution in [0.1, 0.15) is 11.1 Å². The lowest BCUT2D eigenvalue weighted by molar-refractivity contribution is 0.224. The minimum absolute atomic E-state index is 0.424. The van der Waals surface area contributed by atoms with Crippen molar-refractivity contribution < 1.29 is 5.11 Å². The molecule has 0 aliphatic rings. The largest absolute Gasteiger partial charge is 0.389 e. The fourth-order valence-corrected chi connectivity index (χ4v) is 1.16. The molecule has 0 aromatic heterocycles. The van der Waals surface area contributed by atoms with Crippen LogP contribution in [0.25, 0.3) is 0 Å². The lowest BCUT2D eigenvalue weighted by Crippen LogP contribution is -2.05. The van der Waals surface area contributed by atoms with Crippen molar-refractivity contribution in [3.8, 4) is 0 Å². The smallest absolute Gasteiger partial charge is 0.0758 e. The third-order valence-electron chi connectivity index (χ3n) is 1.80. The number of benzene rings is 1. The van der Waals surface area contributed by atoms with Crippen LogP contribution in [-0.4, -0.2) is 11.2 Å². The van der Waals surface area contributed by atoms with Gasteiger partial charge in [-0.3, -0.25) is 0 Å². The van der Waals surface area contributed by atoms with E-state index in [1.165, 1.54) is 5.56 Å². The number of rotatable bonds is 3. The van der Waals surface area contributed by atoms with Gasteiger partial charge >= 0.3 is 0 Å². The zero-order valence-corrected chi connectivity index (χ0v) is 7.33. The highest BCUT2D eigenvalue weighted by atomic mass is 16.3. The Morgan fingerprint density at radius 1 is 1.58 bits per heavy atom. The average Bonchev–Trinajstić information content (AvgIpc) is 2.04. The summed E-state index contributed by atoms with van der Waals surface area (Å²) in [5.74, 6) is 0. The molecule has 1 heteroatoms. The lowest BCUT2D eigenvalue weighted by atomic mass is 10.1. The van der Waals surface area contributed by atoms with E-state index in [2.05, 4.69) is 12.6 Å². The SMILES string of the molecule is C=C[C@H](O)Cc1cccc(C)c1. The molecular weight excluding hydrogens is 148 g/mol. The molecule has 0 saturated heterocycles. The maximum Gasteiger partial charge on any atom is 0.0758 e. The van der Waals surface area contributed by atoms with Crippen LogP contribution < -0.4 is 0 Å². The first kappa shape index (κ1) is 9.01. The normalized spacial score (nSPS) is 12.5. The zero-order chi connectivity index (χ0) is 8.97. The minimum Gasteiger partial charge on any atom is -0.389 e. The van der Waals surface area contributed by atoms with E-state index in [-0.39, 0.29) is 0 Å². The van der Waals surface area contributed by atoms with Crippen LogP contribution in [0.3, 0.4) is 0 Å². The predicted octanol–water partition coefficient (Wildman–Crippen LogP) is 2.08. The Kier molecular flexibility index (Phi) is 3.06. The topological polar surface area (TPSA) is 20.2 Å². The van der Waals surface area contributed by atoms with Gasteiger partial charge in [-0.05, 0) is 12.5 Å². The second-order valence-corrected chi connectivity index (χ2v) is 3.00. The van der Waals surface area contributed by atoms with Gasteiger partial charge in [0.1, 0.15) is 0 Å². The number of aryl methyl sites for hydroxylation is 1. The molecule has 1 aromatic carbocycles. The van der Waals surface area contributed by atoms with Crippen molar-refractivity contribution in [3.63, 3.8) is 0 Å². The van der Waals surface area contributed by atoms with Crippen molar-refractivity contribution in [2.24, 2.45) is 0 Å². The van der Waals surface area contributed by atoms with E-state index < -0.39 is 6.10 Å². The van der Waals surface area contributed by atoms with Gasteiger partial charge in [-0.1, -0.05) is 35.9 Å². The van der Waals surface area contributed by atoms with E-state index in [0.717, 1.165) is 5.56 Å². The molecule has 0 amide bonds. The van der Waals surface area contributed by atoms with Gasteiger partial charge in [-0.15, -0.1) is 6.58 Å². The van der Waals surface area contributed by atoms with E-state index in [0.29, 0.717) is 6.42 Å². The molecule has 1 aromatic rings. The molecule has 0 fully saturated rings. The third-order valence-corrected chi connectivity index (χ3v) is 1.80. The maximum absolute atomic E-state index is 9.28. The molecular formula is C11H14O. The van der Waals surface area contributed by atoms with Crippen LogP contribution in [0.15, 0.2) is 36.9 Å². The molecule has 64 valence electrons. The molecule has 1 rings (SSSR count). The Morgan fingerprint density at radius 2 is 2.33 bits per heavy atom. The summed E-state index contributed by atoms with van der Waals surface area (Å²) in [7, 11) is 0. The van der Waals surface area contributed by atoms with Crippen molar-refractivity contribution in [2.75, 3.05) is 0 Å². The molecule has 0 aliphatic heterocycles. The van der Waals surface area contributed by atoms with Crippen molar-refractivity contribution in [1.29, 1.82) is 0 Å². The summed E-state index contributed by atoms with van der Waals surface area (Å²) in [5, 5.41) is 9.28. The quantitative estimate of drug-likeness (QED) is 0.675.